The lowest BCUT2D eigenvalue weighted by Gasteiger charge is -2.12. The van der Waals surface area contributed by atoms with Crippen LogP contribution in [0.2, 0.25) is 0 Å². The van der Waals surface area contributed by atoms with E-state index in [4.69, 9.17) is 9.15 Å². The summed E-state index contributed by atoms with van der Waals surface area (Å²) in [6.07, 6.45) is 6.04. The second-order valence-electron chi connectivity index (χ2n) is 7.82. The number of hydrogen-bond acceptors (Lipinski definition) is 3. The van der Waals surface area contributed by atoms with Crippen LogP contribution in [0.5, 0.6) is 5.75 Å². The smallest absolute Gasteiger partial charge is 0.248 e. The minimum Gasteiger partial charge on any atom is -0.496 e. The molecule has 0 saturated heterocycles. The molecule has 2 aromatic carbocycles. The van der Waals surface area contributed by atoms with Gasteiger partial charge in [-0.2, -0.15) is 0 Å². The van der Waals surface area contributed by atoms with Gasteiger partial charge in [-0.05, 0) is 68.9 Å². The summed E-state index contributed by atoms with van der Waals surface area (Å²) >= 11 is 0. The lowest BCUT2D eigenvalue weighted by Crippen LogP contribution is -2.10. The number of fused-ring (bicyclic) bond motifs is 3. The summed E-state index contributed by atoms with van der Waals surface area (Å²) in [5.41, 5.74) is 7.03. The number of furan rings is 1. The van der Waals surface area contributed by atoms with Crippen molar-refractivity contribution in [1.82, 2.24) is 0 Å². The quantitative estimate of drug-likeness (QED) is 0.559. The van der Waals surface area contributed by atoms with Crippen molar-refractivity contribution in [2.24, 2.45) is 0 Å². The molecule has 1 aromatic heterocycles. The number of amides is 1. The van der Waals surface area contributed by atoms with Crippen LogP contribution in [0, 0.1) is 13.8 Å². The van der Waals surface area contributed by atoms with Crippen molar-refractivity contribution in [3.63, 3.8) is 0 Å². The topological polar surface area (TPSA) is 51.5 Å². The molecule has 1 N–H and O–H groups in total. The average Bonchev–Trinajstić information content (AvgIpc) is 3.07. The maximum Gasteiger partial charge on any atom is 0.248 e. The molecule has 4 rings (SSSR count). The summed E-state index contributed by atoms with van der Waals surface area (Å²) in [6, 6.07) is 9.97. The van der Waals surface area contributed by atoms with Gasteiger partial charge in [0.2, 0.25) is 5.91 Å². The predicted molar refractivity (Wildman–Crippen MR) is 118 cm³/mol. The van der Waals surface area contributed by atoms with Gasteiger partial charge in [0, 0.05) is 40.8 Å². The highest BCUT2D eigenvalue weighted by atomic mass is 16.5. The van der Waals surface area contributed by atoms with E-state index in [1.165, 1.54) is 18.4 Å². The number of carbonyl (C=O) groups excluding carboxylic acids is 1. The zero-order valence-electron chi connectivity index (χ0n) is 17.5. The van der Waals surface area contributed by atoms with Crippen LogP contribution in [0.25, 0.3) is 16.5 Å². The van der Waals surface area contributed by atoms with E-state index in [1.54, 1.807) is 13.2 Å². The van der Waals surface area contributed by atoms with Crippen LogP contribution in [0.3, 0.4) is 0 Å². The van der Waals surface area contributed by atoms with Gasteiger partial charge in [-0.15, -0.1) is 0 Å². The van der Waals surface area contributed by atoms with Gasteiger partial charge < -0.3 is 14.5 Å². The number of allylic oxidation sites excluding steroid dienone is 1. The number of anilines is 1. The molecular formula is C25H27NO3. The summed E-state index contributed by atoms with van der Waals surface area (Å²) < 4.78 is 11.7. The monoisotopic (exact) mass is 389 g/mol. The van der Waals surface area contributed by atoms with E-state index in [1.807, 2.05) is 45.0 Å². The Bertz CT molecular complexity index is 1120. The third kappa shape index (κ3) is 3.67. The molecule has 0 atom stereocenters. The number of ether oxygens (including phenoxy) is 1. The van der Waals surface area contributed by atoms with E-state index in [0.29, 0.717) is 0 Å². The first-order chi connectivity index (χ1) is 14.0. The highest BCUT2D eigenvalue weighted by Gasteiger charge is 2.20. The van der Waals surface area contributed by atoms with Gasteiger partial charge in [0.1, 0.15) is 17.1 Å². The van der Waals surface area contributed by atoms with Gasteiger partial charge in [0.05, 0.1) is 7.11 Å². The van der Waals surface area contributed by atoms with Gasteiger partial charge >= 0.3 is 0 Å². The van der Waals surface area contributed by atoms with Crippen LogP contribution >= 0.6 is 0 Å². The van der Waals surface area contributed by atoms with Crippen LogP contribution in [0.15, 0.2) is 40.8 Å². The Labute approximate surface area is 171 Å². The van der Waals surface area contributed by atoms with Crippen LogP contribution in [0.1, 0.15) is 47.8 Å². The first kappa shape index (κ1) is 19.3. The fraction of sp³-hybridized carbons (Fsp3) is 0.320. The van der Waals surface area contributed by atoms with E-state index in [0.717, 1.165) is 63.3 Å². The number of rotatable bonds is 4. The summed E-state index contributed by atoms with van der Waals surface area (Å²) in [5.74, 6) is 1.67. The SMILES string of the molecule is COc1cc2oc3c(c2cc1/C(C)=C/C(=O)Nc1cccc(C)c1C)CCCC3. The van der Waals surface area contributed by atoms with Crippen molar-refractivity contribution in [1.29, 1.82) is 0 Å². The average molecular weight is 389 g/mol. The van der Waals surface area contributed by atoms with Crippen molar-refractivity contribution in [3.8, 4) is 5.75 Å². The molecule has 150 valence electrons. The van der Waals surface area contributed by atoms with Gasteiger partial charge in [-0.3, -0.25) is 4.79 Å². The molecule has 0 radical (unpaired) electrons. The van der Waals surface area contributed by atoms with Crippen LogP contribution in [-0.2, 0) is 17.6 Å². The van der Waals surface area contributed by atoms with Gasteiger partial charge in [0.25, 0.3) is 0 Å². The Hall–Kier alpha value is -3.01. The van der Waals surface area contributed by atoms with E-state index < -0.39 is 0 Å². The third-order valence-corrected chi connectivity index (χ3v) is 5.91. The summed E-state index contributed by atoms with van der Waals surface area (Å²) in [5, 5.41) is 4.13. The minimum absolute atomic E-state index is 0.146. The molecule has 1 heterocycles. The fourth-order valence-corrected chi connectivity index (χ4v) is 4.10. The summed E-state index contributed by atoms with van der Waals surface area (Å²) in [7, 11) is 1.65. The second-order valence-corrected chi connectivity index (χ2v) is 7.82. The molecule has 0 spiro atoms. The lowest BCUT2D eigenvalue weighted by atomic mass is 9.94. The summed E-state index contributed by atoms with van der Waals surface area (Å²) in [6.45, 7) is 6.00. The number of benzene rings is 2. The van der Waals surface area contributed by atoms with Gasteiger partial charge in [-0.1, -0.05) is 12.1 Å². The summed E-state index contributed by atoms with van der Waals surface area (Å²) in [4.78, 5) is 12.7. The van der Waals surface area contributed by atoms with Crippen LogP contribution in [0.4, 0.5) is 5.69 Å². The van der Waals surface area contributed by atoms with E-state index in [9.17, 15) is 4.79 Å². The molecule has 1 aliphatic rings. The molecular weight excluding hydrogens is 362 g/mol. The molecule has 1 amide bonds. The fourth-order valence-electron chi connectivity index (χ4n) is 4.10. The standard InChI is InChI=1S/C25H27NO3/c1-15-8-7-10-21(17(15)3)26-25(27)12-16(2)19-13-20-18-9-5-6-11-22(18)29-24(20)14-23(19)28-4/h7-8,10,12-14H,5-6,9,11H2,1-4H3,(H,26,27)/b16-12+. The number of hydrogen-bond donors (Lipinski definition) is 1. The van der Waals surface area contributed by atoms with Gasteiger partial charge in [-0.25, -0.2) is 0 Å². The van der Waals surface area contributed by atoms with E-state index >= 15 is 0 Å². The Morgan fingerprint density at radius 2 is 1.97 bits per heavy atom. The Balaban J connectivity index is 1.68. The molecule has 0 saturated carbocycles. The van der Waals surface area contributed by atoms with Gasteiger partial charge in [0.15, 0.2) is 0 Å². The van der Waals surface area contributed by atoms with E-state index in [2.05, 4.69) is 11.4 Å². The molecule has 4 nitrogen and oxygen atoms in total. The molecule has 0 unspecified atom stereocenters. The first-order valence-corrected chi connectivity index (χ1v) is 10.2. The normalized spacial score (nSPS) is 14.0. The number of carbonyl (C=O) groups is 1. The van der Waals surface area contributed by atoms with Crippen molar-refractivity contribution in [2.75, 3.05) is 12.4 Å². The molecule has 4 heteroatoms. The molecule has 0 fully saturated rings. The molecule has 3 aromatic rings. The highest BCUT2D eigenvalue weighted by molar-refractivity contribution is 6.05. The molecule has 0 aliphatic heterocycles. The predicted octanol–water partition coefficient (Wildman–Crippen LogP) is 5.98. The largest absolute Gasteiger partial charge is 0.496 e. The number of nitrogens with one attached hydrogen (secondary N) is 1. The van der Waals surface area contributed by atoms with Crippen LogP contribution < -0.4 is 10.1 Å². The Morgan fingerprint density at radius 3 is 2.76 bits per heavy atom. The third-order valence-electron chi connectivity index (χ3n) is 5.91. The Morgan fingerprint density at radius 1 is 1.17 bits per heavy atom. The van der Waals surface area contributed by atoms with Crippen molar-refractivity contribution < 1.29 is 13.9 Å². The van der Waals surface area contributed by atoms with Crippen molar-refractivity contribution >= 4 is 28.1 Å². The zero-order valence-corrected chi connectivity index (χ0v) is 17.5. The molecule has 29 heavy (non-hydrogen) atoms. The highest BCUT2D eigenvalue weighted by Crippen LogP contribution is 2.37. The number of methoxy groups -OCH3 is 1. The molecule has 0 bridgehead atoms. The number of aryl methyl sites for hydroxylation is 3. The van der Waals surface area contributed by atoms with E-state index in [-0.39, 0.29) is 5.91 Å². The van der Waals surface area contributed by atoms with Crippen molar-refractivity contribution in [3.05, 3.63) is 64.4 Å². The van der Waals surface area contributed by atoms with Crippen molar-refractivity contribution in [2.45, 2.75) is 46.5 Å². The van der Waals surface area contributed by atoms with Crippen LogP contribution in [-0.4, -0.2) is 13.0 Å². The Kier molecular flexibility index (Phi) is 5.18. The molecule has 1 aliphatic carbocycles. The second kappa shape index (κ2) is 7.78. The first-order valence-electron chi connectivity index (χ1n) is 10.2. The maximum absolute atomic E-state index is 12.7. The lowest BCUT2D eigenvalue weighted by molar-refractivity contribution is -0.111. The maximum atomic E-state index is 12.7. The zero-order chi connectivity index (χ0) is 20.5. The minimum atomic E-state index is -0.146.